The van der Waals surface area contributed by atoms with Gasteiger partial charge in [0.05, 0.1) is 23.5 Å². The Labute approximate surface area is 138 Å². The lowest BCUT2D eigenvalue weighted by molar-refractivity contribution is 0.354. The van der Waals surface area contributed by atoms with Gasteiger partial charge in [0.2, 0.25) is 0 Å². The van der Waals surface area contributed by atoms with E-state index in [4.69, 9.17) is 15.2 Å². The number of H-pyrrole nitrogens is 1. The molecule has 1 aromatic carbocycles. The van der Waals surface area contributed by atoms with Crippen LogP contribution in [0.2, 0.25) is 0 Å². The van der Waals surface area contributed by atoms with E-state index in [0.717, 1.165) is 20.4 Å². The number of ether oxygens (including phenoxy) is 2. The molecule has 0 saturated heterocycles. The largest absolute Gasteiger partial charge is 0.493 e. The smallest absolute Gasteiger partial charge is 0.170 e. The maximum absolute atomic E-state index is 5.84. The molecular formula is C15H20IN3O2. The van der Waals surface area contributed by atoms with E-state index in [1.165, 1.54) is 0 Å². The van der Waals surface area contributed by atoms with Crippen LogP contribution in [-0.2, 0) is 5.41 Å². The summed E-state index contributed by atoms with van der Waals surface area (Å²) in [6.45, 7) is 6.47. The summed E-state index contributed by atoms with van der Waals surface area (Å²) >= 11 is 2.18. The first-order chi connectivity index (χ1) is 9.79. The van der Waals surface area contributed by atoms with Crippen LogP contribution < -0.4 is 15.2 Å². The summed E-state index contributed by atoms with van der Waals surface area (Å²) in [5, 5.41) is 7.04. The van der Waals surface area contributed by atoms with Gasteiger partial charge in [-0.2, -0.15) is 5.10 Å². The lowest BCUT2D eigenvalue weighted by Crippen LogP contribution is -2.12. The van der Waals surface area contributed by atoms with E-state index in [0.29, 0.717) is 17.3 Å². The topological polar surface area (TPSA) is 73.2 Å². The van der Waals surface area contributed by atoms with Gasteiger partial charge in [0.25, 0.3) is 0 Å². The van der Waals surface area contributed by atoms with Crippen molar-refractivity contribution in [3.05, 3.63) is 21.3 Å². The van der Waals surface area contributed by atoms with Crippen molar-refractivity contribution in [2.75, 3.05) is 20.0 Å². The molecule has 0 fully saturated rings. The Kier molecular flexibility index (Phi) is 4.36. The maximum atomic E-state index is 5.84. The van der Waals surface area contributed by atoms with Crippen LogP contribution in [0.3, 0.4) is 0 Å². The van der Waals surface area contributed by atoms with Gasteiger partial charge in [-0.1, -0.05) is 20.8 Å². The van der Waals surface area contributed by atoms with Crippen LogP contribution in [0.1, 0.15) is 26.3 Å². The lowest BCUT2D eigenvalue weighted by atomic mass is 9.85. The van der Waals surface area contributed by atoms with Crippen LogP contribution in [0, 0.1) is 3.57 Å². The molecule has 0 aliphatic heterocycles. The molecule has 0 saturated carbocycles. The van der Waals surface area contributed by atoms with Gasteiger partial charge in [0.15, 0.2) is 17.3 Å². The average Bonchev–Trinajstić information content (AvgIpc) is 2.76. The van der Waals surface area contributed by atoms with E-state index >= 15 is 0 Å². The van der Waals surface area contributed by atoms with Crippen molar-refractivity contribution in [1.29, 1.82) is 0 Å². The SMILES string of the molecule is COc1cc(C(C)(C)C)cc(-c2[nH]nc(N)c2I)c1OC. The number of halogens is 1. The zero-order chi connectivity index (χ0) is 15.8. The highest BCUT2D eigenvalue weighted by Gasteiger charge is 2.23. The molecule has 0 aliphatic carbocycles. The second kappa shape index (κ2) is 5.75. The molecule has 1 aromatic heterocycles. The van der Waals surface area contributed by atoms with E-state index in [1.54, 1.807) is 14.2 Å². The Hall–Kier alpha value is -1.44. The number of nitrogens with zero attached hydrogens (tertiary/aromatic N) is 1. The monoisotopic (exact) mass is 401 g/mol. The molecule has 5 nitrogen and oxygen atoms in total. The number of aromatic amines is 1. The average molecular weight is 401 g/mol. The highest BCUT2D eigenvalue weighted by molar-refractivity contribution is 14.1. The molecule has 114 valence electrons. The summed E-state index contributed by atoms with van der Waals surface area (Å²) < 4.78 is 11.9. The van der Waals surface area contributed by atoms with Crippen LogP contribution >= 0.6 is 22.6 Å². The van der Waals surface area contributed by atoms with Gasteiger partial charge < -0.3 is 15.2 Å². The van der Waals surface area contributed by atoms with Crippen LogP contribution in [0.15, 0.2) is 12.1 Å². The molecular weight excluding hydrogens is 381 g/mol. The summed E-state index contributed by atoms with van der Waals surface area (Å²) in [6, 6.07) is 4.10. The second-order valence-electron chi connectivity index (χ2n) is 5.81. The molecule has 2 rings (SSSR count). The minimum absolute atomic E-state index is 0.00863. The highest BCUT2D eigenvalue weighted by atomic mass is 127. The Bertz CT molecular complexity index is 660. The Morgan fingerprint density at radius 3 is 2.29 bits per heavy atom. The Morgan fingerprint density at radius 1 is 1.19 bits per heavy atom. The number of hydrogen-bond acceptors (Lipinski definition) is 4. The molecule has 0 atom stereocenters. The number of hydrogen-bond donors (Lipinski definition) is 2. The Morgan fingerprint density at radius 2 is 1.86 bits per heavy atom. The number of nitrogens with two attached hydrogens (primary N) is 1. The van der Waals surface area contributed by atoms with Gasteiger partial charge in [0.1, 0.15) is 0 Å². The van der Waals surface area contributed by atoms with E-state index < -0.39 is 0 Å². The number of rotatable bonds is 3. The third kappa shape index (κ3) is 2.95. The zero-order valence-corrected chi connectivity index (χ0v) is 15.0. The molecule has 0 amide bonds. The number of aromatic nitrogens is 2. The fraction of sp³-hybridized carbons (Fsp3) is 0.400. The van der Waals surface area contributed by atoms with Gasteiger partial charge in [-0.25, -0.2) is 0 Å². The summed E-state index contributed by atoms with van der Waals surface area (Å²) in [4.78, 5) is 0. The molecule has 0 spiro atoms. The van der Waals surface area contributed by atoms with Crippen molar-refractivity contribution < 1.29 is 9.47 Å². The summed E-state index contributed by atoms with van der Waals surface area (Å²) in [5.41, 5.74) is 8.73. The van der Waals surface area contributed by atoms with E-state index in [2.05, 4.69) is 59.6 Å². The highest BCUT2D eigenvalue weighted by Crippen LogP contribution is 2.43. The van der Waals surface area contributed by atoms with Crippen LogP contribution in [-0.4, -0.2) is 24.4 Å². The van der Waals surface area contributed by atoms with Crippen LogP contribution in [0.5, 0.6) is 11.5 Å². The fourth-order valence-electron chi connectivity index (χ4n) is 2.10. The first-order valence-corrected chi connectivity index (χ1v) is 7.63. The predicted octanol–water partition coefficient (Wildman–Crippen LogP) is 3.58. The third-order valence-corrected chi connectivity index (χ3v) is 4.44. The third-order valence-electron chi connectivity index (χ3n) is 3.35. The summed E-state index contributed by atoms with van der Waals surface area (Å²) in [7, 11) is 3.27. The molecule has 21 heavy (non-hydrogen) atoms. The zero-order valence-electron chi connectivity index (χ0n) is 12.9. The van der Waals surface area contributed by atoms with Crippen molar-refractivity contribution in [2.24, 2.45) is 0 Å². The van der Waals surface area contributed by atoms with Gasteiger partial charge in [-0.05, 0) is 45.7 Å². The molecule has 0 unspecified atom stereocenters. The van der Waals surface area contributed by atoms with E-state index in [-0.39, 0.29) is 5.41 Å². The first-order valence-electron chi connectivity index (χ1n) is 6.55. The molecule has 6 heteroatoms. The standard InChI is InChI=1S/C15H20IN3O2/c1-15(2,3)8-6-9(12-11(16)14(17)19-18-12)13(21-5)10(7-8)20-4/h6-7H,1-5H3,(H3,17,18,19). The van der Waals surface area contributed by atoms with Gasteiger partial charge in [-0.15, -0.1) is 0 Å². The van der Waals surface area contributed by atoms with Crippen LogP contribution in [0.25, 0.3) is 11.3 Å². The second-order valence-corrected chi connectivity index (χ2v) is 6.89. The van der Waals surface area contributed by atoms with E-state index in [9.17, 15) is 0 Å². The Balaban J connectivity index is 2.76. The van der Waals surface area contributed by atoms with Crippen LogP contribution in [0.4, 0.5) is 5.82 Å². The molecule has 0 aliphatic rings. The molecule has 1 heterocycles. The number of anilines is 1. The number of nitrogen functional groups attached to an aromatic ring is 1. The number of nitrogens with one attached hydrogen (secondary N) is 1. The van der Waals surface area contributed by atoms with E-state index in [1.807, 2.05) is 6.07 Å². The van der Waals surface area contributed by atoms with Crippen molar-refractivity contribution in [1.82, 2.24) is 10.2 Å². The van der Waals surface area contributed by atoms with Gasteiger partial charge in [0, 0.05) is 5.56 Å². The predicted molar refractivity (Wildman–Crippen MR) is 93.0 cm³/mol. The van der Waals surface area contributed by atoms with Gasteiger partial charge in [-0.3, -0.25) is 5.10 Å². The van der Waals surface area contributed by atoms with Crippen molar-refractivity contribution >= 4 is 28.4 Å². The maximum Gasteiger partial charge on any atom is 0.170 e. The normalized spacial score (nSPS) is 11.5. The minimum atomic E-state index is -0.00863. The lowest BCUT2D eigenvalue weighted by Gasteiger charge is -2.22. The minimum Gasteiger partial charge on any atom is -0.493 e. The summed E-state index contributed by atoms with van der Waals surface area (Å²) in [6.07, 6.45) is 0. The molecule has 3 N–H and O–H groups in total. The molecule has 2 aromatic rings. The van der Waals surface area contributed by atoms with Gasteiger partial charge >= 0.3 is 0 Å². The van der Waals surface area contributed by atoms with Crippen molar-refractivity contribution in [2.45, 2.75) is 26.2 Å². The van der Waals surface area contributed by atoms with Crippen molar-refractivity contribution in [3.8, 4) is 22.8 Å². The quantitative estimate of drug-likeness (QED) is 0.772. The van der Waals surface area contributed by atoms with Crippen molar-refractivity contribution in [3.63, 3.8) is 0 Å². The summed E-state index contributed by atoms with van der Waals surface area (Å²) in [5.74, 6) is 1.85. The fourth-order valence-corrected chi connectivity index (χ4v) is 2.64. The number of benzene rings is 1. The molecule has 0 radical (unpaired) electrons. The molecule has 0 bridgehead atoms. The number of methoxy groups -OCH3 is 2. The first kappa shape index (κ1) is 15.9.